The summed E-state index contributed by atoms with van der Waals surface area (Å²) >= 11 is 0. The number of hydrogen-bond donors (Lipinski definition) is 2. The second-order valence-electron chi connectivity index (χ2n) is 4.96. The molecule has 90 valence electrons. The summed E-state index contributed by atoms with van der Waals surface area (Å²) in [6.45, 7) is 5.64. The Kier molecular flexibility index (Phi) is 4.14. The van der Waals surface area contributed by atoms with Gasteiger partial charge in [0.25, 0.3) is 0 Å². The molecule has 1 aliphatic rings. The molecule has 1 rings (SSSR count). The van der Waals surface area contributed by atoms with Crippen molar-refractivity contribution >= 4 is 9.84 Å². The smallest absolute Gasteiger partial charge is 0.152 e. The summed E-state index contributed by atoms with van der Waals surface area (Å²) in [5.74, 6) is 1.10. The van der Waals surface area contributed by atoms with Gasteiger partial charge in [-0.2, -0.15) is 0 Å². The molecular weight excluding hydrogens is 212 g/mol. The highest BCUT2D eigenvalue weighted by molar-refractivity contribution is 7.91. The van der Waals surface area contributed by atoms with E-state index >= 15 is 0 Å². The Hall–Kier alpha value is -0.130. The molecule has 4 nitrogen and oxygen atoms in total. The number of sulfone groups is 1. The van der Waals surface area contributed by atoms with Gasteiger partial charge in [-0.15, -0.1) is 0 Å². The molecule has 1 aliphatic heterocycles. The van der Waals surface area contributed by atoms with E-state index in [2.05, 4.69) is 12.2 Å². The van der Waals surface area contributed by atoms with E-state index in [1.807, 2.05) is 6.92 Å². The van der Waals surface area contributed by atoms with Crippen LogP contribution in [0.5, 0.6) is 0 Å². The lowest BCUT2D eigenvalue weighted by Crippen LogP contribution is -2.44. The lowest BCUT2D eigenvalue weighted by molar-refractivity contribution is 0.375. The van der Waals surface area contributed by atoms with Crippen LogP contribution in [-0.2, 0) is 9.84 Å². The van der Waals surface area contributed by atoms with E-state index in [1.54, 1.807) is 0 Å². The summed E-state index contributed by atoms with van der Waals surface area (Å²) in [7, 11) is -2.80. The number of nitrogens with two attached hydrogens (primary N) is 1. The zero-order chi connectivity index (χ0) is 11.5. The maximum atomic E-state index is 11.3. The number of rotatable bonds is 5. The minimum absolute atomic E-state index is 0.215. The minimum Gasteiger partial charge on any atom is -0.330 e. The van der Waals surface area contributed by atoms with Crippen LogP contribution in [0.2, 0.25) is 0 Å². The SMILES string of the molecule is CC(CN)CCNC1(C)CCS(=O)(=O)C1. The average Bonchev–Trinajstić information content (AvgIpc) is 2.41. The van der Waals surface area contributed by atoms with Gasteiger partial charge in [0.1, 0.15) is 0 Å². The van der Waals surface area contributed by atoms with Gasteiger partial charge in [0.2, 0.25) is 0 Å². The molecule has 0 aliphatic carbocycles. The number of hydrogen-bond acceptors (Lipinski definition) is 4. The molecule has 2 unspecified atom stereocenters. The summed E-state index contributed by atoms with van der Waals surface area (Å²) < 4.78 is 22.7. The fourth-order valence-electron chi connectivity index (χ4n) is 1.89. The Labute approximate surface area is 92.5 Å². The van der Waals surface area contributed by atoms with Crippen LogP contribution in [0.1, 0.15) is 26.7 Å². The molecule has 1 heterocycles. The van der Waals surface area contributed by atoms with Gasteiger partial charge in [-0.25, -0.2) is 8.42 Å². The van der Waals surface area contributed by atoms with Crippen LogP contribution in [0.3, 0.4) is 0 Å². The summed E-state index contributed by atoms with van der Waals surface area (Å²) in [6.07, 6.45) is 1.73. The third-order valence-electron chi connectivity index (χ3n) is 3.09. The van der Waals surface area contributed by atoms with E-state index in [9.17, 15) is 8.42 Å². The molecule has 2 atom stereocenters. The molecule has 0 radical (unpaired) electrons. The van der Waals surface area contributed by atoms with Crippen LogP contribution >= 0.6 is 0 Å². The van der Waals surface area contributed by atoms with Crippen molar-refractivity contribution in [2.45, 2.75) is 32.2 Å². The van der Waals surface area contributed by atoms with E-state index < -0.39 is 9.84 Å². The highest BCUT2D eigenvalue weighted by atomic mass is 32.2. The van der Waals surface area contributed by atoms with E-state index in [0.29, 0.717) is 18.2 Å². The molecule has 0 aromatic rings. The second kappa shape index (κ2) is 4.80. The lowest BCUT2D eigenvalue weighted by Gasteiger charge is -2.24. The van der Waals surface area contributed by atoms with Crippen molar-refractivity contribution in [3.05, 3.63) is 0 Å². The van der Waals surface area contributed by atoms with E-state index in [4.69, 9.17) is 5.73 Å². The molecule has 1 fully saturated rings. The largest absolute Gasteiger partial charge is 0.330 e. The van der Waals surface area contributed by atoms with Crippen molar-refractivity contribution in [3.8, 4) is 0 Å². The fraction of sp³-hybridized carbons (Fsp3) is 1.00. The summed E-state index contributed by atoms with van der Waals surface area (Å²) in [4.78, 5) is 0. The minimum atomic E-state index is -2.80. The Morgan fingerprint density at radius 3 is 2.67 bits per heavy atom. The predicted octanol–water partition coefficient (Wildman–Crippen LogP) is 0.138. The second-order valence-corrected chi connectivity index (χ2v) is 7.14. The molecule has 0 aromatic heterocycles. The Balaban J connectivity index is 2.33. The van der Waals surface area contributed by atoms with Crippen LogP contribution in [0.15, 0.2) is 0 Å². The van der Waals surface area contributed by atoms with Crippen molar-refractivity contribution in [1.29, 1.82) is 0 Å². The van der Waals surface area contributed by atoms with Crippen LogP contribution in [-0.4, -0.2) is 38.6 Å². The molecule has 0 aromatic carbocycles. The normalized spacial score (nSPS) is 31.7. The van der Waals surface area contributed by atoms with Crippen molar-refractivity contribution in [1.82, 2.24) is 5.32 Å². The first kappa shape index (κ1) is 12.9. The quantitative estimate of drug-likeness (QED) is 0.709. The third-order valence-corrected chi connectivity index (χ3v) is 5.00. The van der Waals surface area contributed by atoms with Gasteiger partial charge in [-0.05, 0) is 38.8 Å². The van der Waals surface area contributed by atoms with Crippen LogP contribution < -0.4 is 11.1 Å². The van der Waals surface area contributed by atoms with Crippen LogP contribution in [0, 0.1) is 5.92 Å². The molecule has 1 saturated heterocycles. The summed E-state index contributed by atoms with van der Waals surface area (Å²) in [5, 5.41) is 3.34. The first-order chi connectivity index (χ1) is 6.87. The molecule has 0 amide bonds. The monoisotopic (exact) mass is 234 g/mol. The van der Waals surface area contributed by atoms with E-state index in [0.717, 1.165) is 19.4 Å². The Morgan fingerprint density at radius 2 is 2.20 bits per heavy atom. The Bertz CT molecular complexity index is 303. The zero-order valence-electron chi connectivity index (χ0n) is 9.62. The molecule has 5 heteroatoms. The zero-order valence-corrected chi connectivity index (χ0v) is 10.4. The molecule has 3 N–H and O–H groups in total. The summed E-state index contributed by atoms with van der Waals surface area (Å²) in [5.41, 5.74) is 5.30. The van der Waals surface area contributed by atoms with Gasteiger partial charge in [0, 0.05) is 5.54 Å². The van der Waals surface area contributed by atoms with Crippen LogP contribution in [0.4, 0.5) is 0 Å². The average molecular weight is 234 g/mol. The highest BCUT2D eigenvalue weighted by Gasteiger charge is 2.37. The Morgan fingerprint density at radius 1 is 1.53 bits per heavy atom. The van der Waals surface area contributed by atoms with Crippen molar-refractivity contribution in [3.63, 3.8) is 0 Å². The van der Waals surface area contributed by atoms with Crippen molar-refractivity contribution in [2.75, 3.05) is 24.6 Å². The van der Waals surface area contributed by atoms with Crippen molar-refractivity contribution in [2.24, 2.45) is 11.7 Å². The van der Waals surface area contributed by atoms with Gasteiger partial charge in [-0.3, -0.25) is 0 Å². The van der Waals surface area contributed by atoms with Gasteiger partial charge in [0.05, 0.1) is 11.5 Å². The highest BCUT2D eigenvalue weighted by Crippen LogP contribution is 2.22. The fourth-order valence-corrected chi connectivity index (χ4v) is 4.01. The molecule has 0 saturated carbocycles. The first-order valence-corrected chi connectivity index (χ1v) is 7.34. The first-order valence-electron chi connectivity index (χ1n) is 5.52. The van der Waals surface area contributed by atoms with E-state index in [1.165, 1.54) is 0 Å². The predicted molar refractivity (Wildman–Crippen MR) is 62.5 cm³/mol. The molecule has 0 spiro atoms. The van der Waals surface area contributed by atoms with Gasteiger partial charge in [-0.1, -0.05) is 6.92 Å². The lowest BCUT2D eigenvalue weighted by atomic mass is 10.0. The maximum absolute atomic E-state index is 11.3. The van der Waals surface area contributed by atoms with Crippen LogP contribution in [0.25, 0.3) is 0 Å². The summed E-state index contributed by atoms with van der Waals surface area (Å²) in [6, 6.07) is 0. The number of nitrogens with one attached hydrogen (secondary N) is 1. The third kappa shape index (κ3) is 4.09. The van der Waals surface area contributed by atoms with Gasteiger partial charge in [0.15, 0.2) is 9.84 Å². The van der Waals surface area contributed by atoms with E-state index in [-0.39, 0.29) is 11.3 Å². The molecule has 0 bridgehead atoms. The topological polar surface area (TPSA) is 72.2 Å². The standard InChI is InChI=1S/C10H22N2O2S/c1-9(7-11)3-5-12-10(2)4-6-15(13,14)8-10/h9,12H,3-8,11H2,1-2H3. The van der Waals surface area contributed by atoms with Gasteiger partial charge < -0.3 is 11.1 Å². The molecular formula is C10H22N2O2S. The maximum Gasteiger partial charge on any atom is 0.152 e. The molecule has 15 heavy (non-hydrogen) atoms. The van der Waals surface area contributed by atoms with Gasteiger partial charge >= 0.3 is 0 Å². The van der Waals surface area contributed by atoms with Crippen molar-refractivity contribution < 1.29 is 8.42 Å².